The van der Waals surface area contributed by atoms with E-state index >= 15 is 0 Å². The first-order chi connectivity index (χ1) is 8.75. The van der Waals surface area contributed by atoms with Gasteiger partial charge in [0.05, 0.1) is 6.04 Å². The maximum absolute atomic E-state index is 5.36. The Labute approximate surface area is 117 Å². The molecule has 7 heteroatoms. The second-order valence-electron chi connectivity index (χ2n) is 4.26. The van der Waals surface area contributed by atoms with Crippen LogP contribution < -0.4 is 5.32 Å². The van der Waals surface area contributed by atoms with E-state index in [1.807, 2.05) is 11.4 Å². The van der Waals surface area contributed by atoms with Crippen molar-refractivity contribution in [3.8, 4) is 10.8 Å². The Morgan fingerprint density at radius 2 is 2.50 bits per heavy atom. The van der Waals surface area contributed by atoms with E-state index in [1.54, 1.807) is 11.3 Å². The molecule has 0 aliphatic carbocycles. The zero-order chi connectivity index (χ0) is 12.5. The molecule has 3 rings (SSSR count). The van der Waals surface area contributed by atoms with E-state index in [0.29, 0.717) is 5.89 Å². The lowest BCUT2D eigenvalue weighted by Crippen LogP contribution is -2.44. The maximum atomic E-state index is 5.36. The predicted octanol–water partition coefficient (Wildman–Crippen LogP) is 2.14. The zero-order valence-electron chi connectivity index (χ0n) is 9.89. The maximum Gasteiger partial charge on any atom is 0.269 e. The van der Waals surface area contributed by atoms with Gasteiger partial charge in [0.2, 0.25) is 0 Å². The Hall–Kier alpha value is -0.760. The van der Waals surface area contributed by atoms with E-state index in [1.165, 1.54) is 0 Å². The average molecular weight is 329 g/mol. The fourth-order valence-corrected chi connectivity index (χ4v) is 3.46. The molecule has 1 saturated heterocycles. The van der Waals surface area contributed by atoms with Crippen LogP contribution in [0.2, 0.25) is 0 Å². The van der Waals surface area contributed by atoms with Crippen molar-refractivity contribution >= 4 is 27.3 Å². The molecule has 1 aliphatic rings. The number of thiophene rings is 1. The Morgan fingerprint density at radius 3 is 3.22 bits per heavy atom. The van der Waals surface area contributed by atoms with Gasteiger partial charge in [-0.25, -0.2) is 0 Å². The molecule has 18 heavy (non-hydrogen) atoms. The number of likely N-dealkylation sites (N-methyl/N-ethyl adjacent to an activating group) is 1. The minimum atomic E-state index is 0.190. The van der Waals surface area contributed by atoms with E-state index < -0.39 is 0 Å². The molecular weight excluding hydrogens is 316 g/mol. The molecule has 3 heterocycles. The van der Waals surface area contributed by atoms with Crippen LogP contribution in [-0.4, -0.2) is 41.7 Å². The Balaban J connectivity index is 1.87. The van der Waals surface area contributed by atoms with Gasteiger partial charge in [-0.3, -0.25) is 4.90 Å². The van der Waals surface area contributed by atoms with E-state index in [-0.39, 0.29) is 6.04 Å². The summed E-state index contributed by atoms with van der Waals surface area (Å²) in [6.07, 6.45) is 0. The van der Waals surface area contributed by atoms with Gasteiger partial charge in [-0.05, 0) is 34.4 Å². The number of rotatable bonds is 2. The molecule has 2 aromatic heterocycles. The molecule has 0 bridgehead atoms. The number of hydrogen-bond acceptors (Lipinski definition) is 6. The van der Waals surface area contributed by atoms with Gasteiger partial charge in [-0.1, -0.05) is 5.16 Å². The average Bonchev–Trinajstić information content (AvgIpc) is 2.98. The summed E-state index contributed by atoms with van der Waals surface area (Å²) in [5.41, 5.74) is 0. The molecule has 1 N–H and O–H groups in total. The largest absolute Gasteiger partial charge is 0.333 e. The van der Waals surface area contributed by atoms with E-state index in [0.717, 1.165) is 34.8 Å². The molecule has 0 spiro atoms. The van der Waals surface area contributed by atoms with Gasteiger partial charge in [0.15, 0.2) is 5.82 Å². The molecule has 1 atom stereocenters. The van der Waals surface area contributed by atoms with E-state index in [4.69, 9.17) is 4.52 Å². The molecule has 1 unspecified atom stereocenters. The number of aromatic nitrogens is 2. The van der Waals surface area contributed by atoms with Crippen LogP contribution in [0.1, 0.15) is 11.9 Å². The molecule has 2 aromatic rings. The smallest absolute Gasteiger partial charge is 0.269 e. The lowest BCUT2D eigenvalue weighted by Gasteiger charge is -2.30. The van der Waals surface area contributed by atoms with Crippen molar-refractivity contribution in [2.75, 3.05) is 26.7 Å². The first-order valence-corrected chi connectivity index (χ1v) is 7.41. The van der Waals surface area contributed by atoms with Crippen molar-refractivity contribution in [2.45, 2.75) is 6.04 Å². The summed E-state index contributed by atoms with van der Waals surface area (Å²) >= 11 is 5.07. The molecule has 5 nitrogen and oxygen atoms in total. The summed E-state index contributed by atoms with van der Waals surface area (Å²) < 4.78 is 6.35. The van der Waals surface area contributed by atoms with Crippen molar-refractivity contribution in [1.82, 2.24) is 20.4 Å². The Kier molecular flexibility index (Phi) is 3.47. The highest BCUT2D eigenvalue weighted by Gasteiger charge is 2.26. The molecule has 0 saturated carbocycles. The first kappa shape index (κ1) is 12.3. The van der Waals surface area contributed by atoms with Gasteiger partial charge in [0.25, 0.3) is 5.89 Å². The van der Waals surface area contributed by atoms with Gasteiger partial charge in [0.1, 0.15) is 4.88 Å². The second-order valence-corrected chi connectivity index (χ2v) is 6.03. The van der Waals surface area contributed by atoms with Crippen LogP contribution in [0.25, 0.3) is 10.8 Å². The molecule has 0 radical (unpaired) electrons. The van der Waals surface area contributed by atoms with E-state index in [2.05, 4.69) is 43.3 Å². The van der Waals surface area contributed by atoms with Crippen molar-refractivity contribution in [2.24, 2.45) is 0 Å². The third-order valence-electron chi connectivity index (χ3n) is 3.06. The molecule has 0 aromatic carbocycles. The summed E-state index contributed by atoms with van der Waals surface area (Å²) in [6, 6.07) is 2.17. The predicted molar refractivity (Wildman–Crippen MR) is 73.6 cm³/mol. The van der Waals surface area contributed by atoms with Gasteiger partial charge >= 0.3 is 0 Å². The Bertz CT molecular complexity index is 541. The standard InChI is InChI=1S/C11H13BrN4OS/c1-16-4-3-13-6-8(16)10-14-11(17-15-10)9-7(12)2-5-18-9/h2,5,8,13H,3-4,6H2,1H3. The third kappa shape index (κ3) is 2.23. The van der Waals surface area contributed by atoms with Crippen LogP contribution in [-0.2, 0) is 0 Å². The highest BCUT2D eigenvalue weighted by molar-refractivity contribution is 9.10. The van der Waals surface area contributed by atoms with Crippen LogP contribution in [0.5, 0.6) is 0 Å². The fraction of sp³-hybridized carbons (Fsp3) is 0.455. The number of halogens is 1. The third-order valence-corrected chi connectivity index (χ3v) is 4.89. The normalized spacial score (nSPS) is 21.3. The second kappa shape index (κ2) is 5.08. The fourth-order valence-electron chi connectivity index (χ4n) is 2.00. The quantitative estimate of drug-likeness (QED) is 0.915. The topological polar surface area (TPSA) is 54.2 Å². The minimum absolute atomic E-state index is 0.190. The van der Waals surface area contributed by atoms with Crippen molar-refractivity contribution < 1.29 is 4.52 Å². The van der Waals surface area contributed by atoms with Crippen LogP contribution in [0.15, 0.2) is 20.4 Å². The lowest BCUT2D eigenvalue weighted by atomic mass is 10.2. The molecule has 1 fully saturated rings. The van der Waals surface area contributed by atoms with Gasteiger partial charge in [-0.15, -0.1) is 11.3 Å². The number of piperazine rings is 1. The minimum Gasteiger partial charge on any atom is -0.333 e. The van der Waals surface area contributed by atoms with Crippen LogP contribution in [0.4, 0.5) is 0 Å². The van der Waals surface area contributed by atoms with E-state index in [9.17, 15) is 0 Å². The SMILES string of the molecule is CN1CCNCC1c1noc(-c2sccc2Br)n1. The lowest BCUT2D eigenvalue weighted by molar-refractivity contribution is 0.190. The summed E-state index contributed by atoms with van der Waals surface area (Å²) in [6.45, 7) is 2.87. The number of nitrogens with zero attached hydrogens (tertiary/aromatic N) is 3. The summed E-state index contributed by atoms with van der Waals surface area (Å²) in [5, 5.41) is 9.45. The molecule has 0 amide bonds. The van der Waals surface area contributed by atoms with Gasteiger partial charge in [-0.2, -0.15) is 4.98 Å². The highest BCUT2D eigenvalue weighted by Crippen LogP contribution is 2.33. The summed E-state index contributed by atoms with van der Waals surface area (Å²) in [4.78, 5) is 7.74. The molecule has 1 aliphatic heterocycles. The summed E-state index contributed by atoms with van der Waals surface area (Å²) in [7, 11) is 2.09. The summed E-state index contributed by atoms with van der Waals surface area (Å²) in [5.74, 6) is 1.34. The van der Waals surface area contributed by atoms with Gasteiger partial charge < -0.3 is 9.84 Å². The van der Waals surface area contributed by atoms with Crippen LogP contribution in [0, 0.1) is 0 Å². The molecule has 96 valence electrons. The zero-order valence-corrected chi connectivity index (χ0v) is 12.3. The number of hydrogen-bond donors (Lipinski definition) is 1. The van der Waals surface area contributed by atoms with Crippen molar-refractivity contribution in [3.63, 3.8) is 0 Å². The number of nitrogens with one attached hydrogen (secondary N) is 1. The first-order valence-electron chi connectivity index (χ1n) is 5.73. The monoisotopic (exact) mass is 328 g/mol. The van der Waals surface area contributed by atoms with Crippen LogP contribution >= 0.6 is 27.3 Å². The Morgan fingerprint density at radius 1 is 1.61 bits per heavy atom. The van der Waals surface area contributed by atoms with Crippen LogP contribution in [0.3, 0.4) is 0 Å². The van der Waals surface area contributed by atoms with Crippen molar-refractivity contribution in [3.05, 3.63) is 21.7 Å². The molecular formula is C11H13BrN4OS. The highest BCUT2D eigenvalue weighted by atomic mass is 79.9. The van der Waals surface area contributed by atoms with Gasteiger partial charge in [0, 0.05) is 24.1 Å². The van der Waals surface area contributed by atoms with Crippen molar-refractivity contribution in [1.29, 1.82) is 0 Å².